The minimum atomic E-state index is 0.467. The monoisotopic (exact) mass is 283 g/mol. The second-order valence-electron chi connectivity index (χ2n) is 1.85. The van der Waals surface area contributed by atoms with Gasteiger partial charge in [-0.05, 0) is 41.6 Å². The van der Waals surface area contributed by atoms with Gasteiger partial charge in [0, 0.05) is 0 Å². The van der Waals surface area contributed by atoms with Crippen LogP contribution in [0.3, 0.4) is 0 Å². The predicted molar refractivity (Wildman–Crippen MR) is 53.1 cm³/mol. The second kappa shape index (κ2) is 4.11. The molecule has 0 saturated heterocycles. The molecule has 0 atom stereocenters. The van der Waals surface area contributed by atoms with Gasteiger partial charge >= 0.3 is 0 Å². The van der Waals surface area contributed by atoms with Crippen LogP contribution in [0, 0.1) is 3.57 Å². The Morgan fingerprint density at radius 1 is 1.64 bits per heavy atom. The Kier molecular flexibility index (Phi) is 3.39. The molecular formula is C7H7ClINO. The van der Waals surface area contributed by atoms with Crippen LogP contribution in [0.1, 0.15) is 6.92 Å². The summed E-state index contributed by atoms with van der Waals surface area (Å²) in [5, 5.41) is 0.467. The topological polar surface area (TPSA) is 22.1 Å². The van der Waals surface area contributed by atoms with Crippen LogP contribution in [0.2, 0.25) is 5.15 Å². The Hall–Kier alpha value is -0.0300. The van der Waals surface area contributed by atoms with Crippen LogP contribution in [0.25, 0.3) is 0 Å². The van der Waals surface area contributed by atoms with Gasteiger partial charge in [0.15, 0.2) is 0 Å². The molecule has 0 fully saturated rings. The summed E-state index contributed by atoms with van der Waals surface area (Å²) in [6.07, 6.45) is 0. The molecule has 0 saturated carbocycles. The number of hydrogen-bond donors (Lipinski definition) is 0. The Labute approximate surface area is 84.1 Å². The smallest absolute Gasteiger partial charge is 0.228 e. The summed E-state index contributed by atoms with van der Waals surface area (Å²) in [4.78, 5) is 4.00. The van der Waals surface area contributed by atoms with E-state index in [9.17, 15) is 0 Å². The fourth-order valence-corrected chi connectivity index (χ4v) is 1.23. The summed E-state index contributed by atoms with van der Waals surface area (Å²) < 4.78 is 6.19. The van der Waals surface area contributed by atoms with Crippen molar-refractivity contribution in [2.24, 2.45) is 0 Å². The van der Waals surface area contributed by atoms with E-state index in [2.05, 4.69) is 27.6 Å². The molecule has 0 amide bonds. The molecule has 60 valence electrons. The fraction of sp³-hybridized carbons (Fsp3) is 0.286. The molecule has 1 rings (SSSR count). The Morgan fingerprint density at radius 2 is 2.36 bits per heavy atom. The summed E-state index contributed by atoms with van der Waals surface area (Å²) in [5.41, 5.74) is 0. The van der Waals surface area contributed by atoms with E-state index in [1.807, 2.05) is 13.0 Å². The van der Waals surface area contributed by atoms with Crippen LogP contribution in [0.4, 0.5) is 0 Å². The largest absolute Gasteiger partial charge is 0.477 e. The lowest BCUT2D eigenvalue weighted by atomic mass is 10.5. The third-order valence-electron chi connectivity index (χ3n) is 1.06. The van der Waals surface area contributed by atoms with E-state index in [4.69, 9.17) is 16.3 Å². The average Bonchev–Trinajstić information content (AvgIpc) is 1.98. The van der Waals surface area contributed by atoms with Gasteiger partial charge in [-0.3, -0.25) is 0 Å². The Bertz CT molecular complexity index is 254. The fourth-order valence-electron chi connectivity index (χ4n) is 0.639. The van der Waals surface area contributed by atoms with Gasteiger partial charge in [0.25, 0.3) is 0 Å². The van der Waals surface area contributed by atoms with Crippen molar-refractivity contribution in [1.29, 1.82) is 0 Å². The summed E-state index contributed by atoms with van der Waals surface area (Å²) in [5.74, 6) is 0.612. The first-order valence-corrected chi connectivity index (χ1v) is 4.64. The molecular weight excluding hydrogens is 276 g/mol. The lowest BCUT2D eigenvalue weighted by Gasteiger charge is -2.03. The van der Waals surface area contributed by atoms with E-state index in [0.717, 1.165) is 3.57 Å². The molecule has 0 aromatic carbocycles. The number of hydrogen-bond acceptors (Lipinski definition) is 2. The lowest BCUT2D eigenvalue weighted by molar-refractivity contribution is 0.324. The highest BCUT2D eigenvalue weighted by Crippen LogP contribution is 2.20. The van der Waals surface area contributed by atoms with Crippen molar-refractivity contribution in [2.45, 2.75) is 6.92 Å². The number of nitrogens with zero attached hydrogens (tertiary/aromatic N) is 1. The van der Waals surface area contributed by atoms with E-state index in [1.165, 1.54) is 0 Å². The molecule has 1 aromatic rings. The first-order chi connectivity index (χ1) is 5.24. The normalized spacial score (nSPS) is 9.73. The van der Waals surface area contributed by atoms with Gasteiger partial charge < -0.3 is 4.74 Å². The quantitative estimate of drug-likeness (QED) is 0.615. The molecule has 0 unspecified atom stereocenters. The summed E-state index contributed by atoms with van der Waals surface area (Å²) in [6, 6.07) is 3.62. The van der Waals surface area contributed by atoms with Gasteiger partial charge in [-0.15, -0.1) is 0 Å². The van der Waals surface area contributed by atoms with Crippen LogP contribution >= 0.6 is 34.2 Å². The zero-order valence-electron chi connectivity index (χ0n) is 5.97. The molecule has 4 heteroatoms. The molecule has 0 aliphatic carbocycles. The van der Waals surface area contributed by atoms with Crippen molar-refractivity contribution in [3.63, 3.8) is 0 Å². The van der Waals surface area contributed by atoms with Gasteiger partial charge in [-0.25, -0.2) is 4.98 Å². The lowest BCUT2D eigenvalue weighted by Crippen LogP contribution is -1.96. The third-order valence-corrected chi connectivity index (χ3v) is 2.09. The molecule has 1 aromatic heterocycles. The maximum absolute atomic E-state index is 5.66. The number of aromatic nitrogens is 1. The summed E-state index contributed by atoms with van der Waals surface area (Å²) in [7, 11) is 0. The minimum Gasteiger partial charge on any atom is -0.477 e. The van der Waals surface area contributed by atoms with E-state index in [-0.39, 0.29) is 0 Å². The molecule has 0 bridgehead atoms. The molecule has 11 heavy (non-hydrogen) atoms. The highest BCUT2D eigenvalue weighted by molar-refractivity contribution is 14.1. The first kappa shape index (κ1) is 9.06. The van der Waals surface area contributed by atoms with Crippen molar-refractivity contribution >= 4 is 34.2 Å². The van der Waals surface area contributed by atoms with Crippen LogP contribution in [0.15, 0.2) is 12.1 Å². The van der Waals surface area contributed by atoms with Gasteiger partial charge in [0.2, 0.25) is 5.88 Å². The van der Waals surface area contributed by atoms with Crippen LogP contribution in [0.5, 0.6) is 5.88 Å². The van der Waals surface area contributed by atoms with Crippen LogP contribution in [-0.4, -0.2) is 11.6 Å². The molecule has 0 aliphatic heterocycles. The molecule has 0 N–H and O–H groups in total. The number of rotatable bonds is 2. The standard InChI is InChI=1S/C7H7ClINO/c1-2-11-7-5(9)3-4-6(8)10-7/h3-4H,2H2,1H3. The zero-order chi connectivity index (χ0) is 8.27. The van der Waals surface area contributed by atoms with Gasteiger partial charge in [0.05, 0.1) is 10.2 Å². The maximum Gasteiger partial charge on any atom is 0.228 e. The highest BCUT2D eigenvalue weighted by Gasteiger charge is 2.01. The average molecular weight is 283 g/mol. The third kappa shape index (κ3) is 2.48. The zero-order valence-corrected chi connectivity index (χ0v) is 8.89. The first-order valence-electron chi connectivity index (χ1n) is 3.19. The summed E-state index contributed by atoms with van der Waals surface area (Å²) in [6.45, 7) is 2.53. The summed E-state index contributed by atoms with van der Waals surface area (Å²) >= 11 is 7.81. The Morgan fingerprint density at radius 3 is 3.00 bits per heavy atom. The van der Waals surface area contributed by atoms with Gasteiger partial charge in [-0.2, -0.15) is 0 Å². The van der Waals surface area contributed by atoms with E-state index < -0.39 is 0 Å². The van der Waals surface area contributed by atoms with Crippen molar-refractivity contribution in [3.05, 3.63) is 20.9 Å². The number of ether oxygens (including phenoxy) is 1. The minimum absolute atomic E-state index is 0.467. The molecule has 2 nitrogen and oxygen atoms in total. The molecule has 0 spiro atoms. The highest BCUT2D eigenvalue weighted by atomic mass is 127. The second-order valence-corrected chi connectivity index (χ2v) is 3.40. The van der Waals surface area contributed by atoms with Crippen LogP contribution in [-0.2, 0) is 0 Å². The van der Waals surface area contributed by atoms with Crippen LogP contribution < -0.4 is 4.74 Å². The number of pyridine rings is 1. The van der Waals surface area contributed by atoms with Gasteiger partial charge in [0.1, 0.15) is 5.15 Å². The van der Waals surface area contributed by atoms with Gasteiger partial charge in [-0.1, -0.05) is 11.6 Å². The molecule has 1 heterocycles. The maximum atomic E-state index is 5.66. The SMILES string of the molecule is CCOc1nc(Cl)ccc1I. The van der Waals surface area contributed by atoms with E-state index >= 15 is 0 Å². The van der Waals surface area contributed by atoms with Crippen molar-refractivity contribution < 1.29 is 4.74 Å². The molecule has 0 radical (unpaired) electrons. The van der Waals surface area contributed by atoms with Crippen molar-refractivity contribution in [3.8, 4) is 5.88 Å². The van der Waals surface area contributed by atoms with Crippen molar-refractivity contribution in [1.82, 2.24) is 4.98 Å². The van der Waals surface area contributed by atoms with E-state index in [0.29, 0.717) is 17.6 Å². The molecule has 0 aliphatic rings. The van der Waals surface area contributed by atoms with E-state index in [1.54, 1.807) is 6.07 Å². The van der Waals surface area contributed by atoms with Crippen molar-refractivity contribution in [2.75, 3.05) is 6.61 Å². The predicted octanol–water partition coefficient (Wildman–Crippen LogP) is 2.74. The Balaban J connectivity index is 2.93. The number of halogens is 2.